The van der Waals surface area contributed by atoms with Gasteiger partial charge in [-0.3, -0.25) is 19.3 Å². The lowest BCUT2D eigenvalue weighted by molar-refractivity contribution is -0.144. The number of nitrogens with one attached hydrogen (secondary N) is 1. The van der Waals surface area contributed by atoms with Gasteiger partial charge in [0.1, 0.15) is 6.54 Å². The number of imide groups is 1. The second kappa shape index (κ2) is 5.43. The molecular weight excluding hydrogens is 244 g/mol. The number of nitrogens with zero attached hydrogens (tertiary/aromatic N) is 1. The zero-order chi connectivity index (χ0) is 14.0. The van der Waals surface area contributed by atoms with E-state index in [-0.39, 0.29) is 42.6 Å². The molecule has 0 aromatic rings. The maximum atomic E-state index is 12.2. The molecule has 1 heterocycles. The first-order valence-electron chi connectivity index (χ1n) is 6.63. The third-order valence-electron chi connectivity index (χ3n) is 4.09. The Balaban J connectivity index is 1.99. The van der Waals surface area contributed by atoms with Crippen LogP contribution in [-0.4, -0.2) is 35.7 Å². The molecule has 1 saturated carbocycles. The molecule has 2 aliphatic rings. The lowest BCUT2D eigenvalue weighted by Gasteiger charge is -2.16. The molecule has 1 aliphatic carbocycles. The van der Waals surface area contributed by atoms with Gasteiger partial charge in [-0.05, 0) is 18.8 Å². The van der Waals surface area contributed by atoms with E-state index in [9.17, 15) is 14.4 Å². The number of hydrogen-bond acceptors (Lipinski definition) is 3. The van der Waals surface area contributed by atoms with Crippen LogP contribution in [0.4, 0.5) is 0 Å². The third-order valence-corrected chi connectivity index (χ3v) is 4.09. The monoisotopic (exact) mass is 262 g/mol. The highest BCUT2D eigenvalue weighted by Gasteiger charge is 2.52. The molecule has 0 aromatic heterocycles. The van der Waals surface area contributed by atoms with Crippen LogP contribution in [0.25, 0.3) is 0 Å². The number of hydrogen-bond donors (Lipinski definition) is 1. The Morgan fingerprint density at radius 3 is 2.42 bits per heavy atom. The number of fused-ring (bicyclic) bond motifs is 1. The first-order valence-corrected chi connectivity index (χ1v) is 6.63. The summed E-state index contributed by atoms with van der Waals surface area (Å²) >= 11 is 0. The minimum absolute atomic E-state index is 0.111. The van der Waals surface area contributed by atoms with Gasteiger partial charge in [0, 0.05) is 0 Å². The van der Waals surface area contributed by atoms with Crippen LogP contribution in [0.3, 0.4) is 0 Å². The molecule has 2 fully saturated rings. The van der Waals surface area contributed by atoms with Gasteiger partial charge in [-0.25, -0.2) is 0 Å². The summed E-state index contributed by atoms with van der Waals surface area (Å²) in [6.07, 6.45) is 7.57. The van der Waals surface area contributed by atoms with Crippen molar-refractivity contribution in [2.45, 2.75) is 26.2 Å². The zero-order valence-corrected chi connectivity index (χ0v) is 11.0. The van der Waals surface area contributed by atoms with Crippen LogP contribution in [-0.2, 0) is 14.4 Å². The van der Waals surface area contributed by atoms with Crippen molar-refractivity contribution in [2.75, 3.05) is 13.1 Å². The molecule has 0 radical (unpaired) electrons. The van der Waals surface area contributed by atoms with E-state index in [0.717, 1.165) is 24.2 Å². The van der Waals surface area contributed by atoms with E-state index in [2.05, 4.69) is 18.2 Å². The molecule has 5 nitrogen and oxygen atoms in total. The number of terminal acetylenes is 1. The van der Waals surface area contributed by atoms with Crippen molar-refractivity contribution in [3.63, 3.8) is 0 Å². The Kier molecular flexibility index (Phi) is 3.89. The predicted molar refractivity (Wildman–Crippen MR) is 68.6 cm³/mol. The van der Waals surface area contributed by atoms with Gasteiger partial charge in [0.15, 0.2) is 0 Å². The largest absolute Gasteiger partial charge is 0.344 e. The molecule has 0 bridgehead atoms. The van der Waals surface area contributed by atoms with E-state index in [1.54, 1.807) is 0 Å². The topological polar surface area (TPSA) is 66.5 Å². The van der Waals surface area contributed by atoms with E-state index in [1.165, 1.54) is 0 Å². The van der Waals surface area contributed by atoms with Crippen molar-refractivity contribution in [1.29, 1.82) is 0 Å². The van der Waals surface area contributed by atoms with Gasteiger partial charge in [0.25, 0.3) is 0 Å². The van der Waals surface area contributed by atoms with Crippen molar-refractivity contribution in [2.24, 2.45) is 17.8 Å². The summed E-state index contributed by atoms with van der Waals surface area (Å²) < 4.78 is 0. The highest BCUT2D eigenvalue weighted by Crippen LogP contribution is 2.44. The summed E-state index contributed by atoms with van der Waals surface area (Å²) in [6.45, 7) is 1.98. The molecule has 0 spiro atoms. The van der Waals surface area contributed by atoms with Crippen LogP contribution in [0.2, 0.25) is 0 Å². The number of rotatable bonds is 4. The number of likely N-dealkylation sites (tertiary alicyclic amines) is 1. The lowest BCUT2D eigenvalue weighted by Crippen LogP contribution is -2.41. The maximum Gasteiger partial charge on any atom is 0.240 e. The Morgan fingerprint density at radius 2 is 1.95 bits per heavy atom. The normalized spacial score (nSPS) is 29.3. The van der Waals surface area contributed by atoms with Crippen molar-refractivity contribution < 1.29 is 14.4 Å². The molecule has 19 heavy (non-hydrogen) atoms. The van der Waals surface area contributed by atoms with Crippen LogP contribution in [0.1, 0.15) is 26.2 Å². The van der Waals surface area contributed by atoms with Crippen molar-refractivity contribution in [3.8, 4) is 12.3 Å². The van der Waals surface area contributed by atoms with E-state index in [1.807, 2.05) is 0 Å². The van der Waals surface area contributed by atoms with Gasteiger partial charge in [-0.2, -0.15) is 0 Å². The summed E-state index contributed by atoms with van der Waals surface area (Å²) in [5.74, 6) is 1.55. The zero-order valence-electron chi connectivity index (χ0n) is 11.0. The lowest BCUT2D eigenvalue weighted by atomic mass is 10.00. The predicted octanol–water partition coefficient (Wildman–Crippen LogP) is 0.157. The van der Waals surface area contributed by atoms with Crippen molar-refractivity contribution >= 4 is 17.7 Å². The highest BCUT2D eigenvalue weighted by molar-refractivity contribution is 6.07. The second-order valence-electron chi connectivity index (χ2n) is 5.20. The van der Waals surface area contributed by atoms with E-state index >= 15 is 0 Å². The van der Waals surface area contributed by atoms with Crippen LogP contribution >= 0.6 is 0 Å². The van der Waals surface area contributed by atoms with Gasteiger partial charge in [0.05, 0.1) is 18.4 Å². The molecule has 5 heteroatoms. The Labute approximate surface area is 112 Å². The molecule has 1 saturated heterocycles. The van der Waals surface area contributed by atoms with Gasteiger partial charge in [0.2, 0.25) is 17.7 Å². The first kappa shape index (κ1) is 13.6. The molecule has 1 aliphatic heterocycles. The quantitative estimate of drug-likeness (QED) is 0.579. The van der Waals surface area contributed by atoms with Gasteiger partial charge in [-0.15, -0.1) is 6.42 Å². The highest BCUT2D eigenvalue weighted by atomic mass is 16.2. The number of amides is 3. The molecular formula is C14H18N2O3. The van der Waals surface area contributed by atoms with E-state index in [0.29, 0.717) is 5.92 Å². The standard InChI is InChI=1S/C14H18N2O3/c1-3-5-15-12(17)8-16-13(18)10-6-9(4-2)7-11(10)14(16)19/h1,9-11H,4-8H2,2H3,(H,15,17). The smallest absolute Gasteiger partial charge is 0.240 e. The molecule has 3 amide bonds. The van der Waals surface area contributed by atoms with Crippen molar-refractivity contribution in [1.82, 2.24) is 10.2 Å². The Morgan fingerprint density at radius 1 is 1.37 bits per heavy atom. The molecule has 102 valence electrons. The maximum absolute atomic E-state index is 12.2. The van der Waals surface area contributed by atoms with Gasteiger partial charge >= 0.3 is 0 Å². The molecule has 0 aromatic carbocycles. The average Bonchev–Trinajstić information content (AvgIpc) is 2.92. The van der Waals surface area contributed by atoms with Crippen LogP contribution < -0.4 is 5.32 Å². The summed E-state index contributed by atoms with van der Waals surface area (Å²) in [7, 11) is 0. The van der Waals surface area contributed by atoms with E-state index < -0.39 is 0 Å². The van der Waals surface area contributed by atoms with Crippen LogP contribution in [0, 0.1) is 30.1 Å². The van der Waals surface area contributed by atoms with Gasteiger partial charge in [-0.1, -0.05) is 19.3 Å². The summed E-state index contributed by atoms with van der Waals surface area (Å²) in [6, 6.07) is 0. The van der Waals surface area contributed by atoms with Gasteiger partial charge < -0.3 is 5.32 Å². The third kappa shape index (κ3) is 2.48. The first-order chi connectivity index (χ1) is 9.08. The fourth-order valence-corrected chi connectivity index (χ4v) is 3.04. The molecule has 2 unspecified atom stereocenters. The minimum Gasteiger partial charge on any atom is -0.344 e. The Bertz CT molecular complexity index is 428. The number of carbonyl (C=O) groups is 3. The minimum atomic E-state index is -0.383. The van der Waals surface area contributed by atoms with Crippen LogP contribution in [0.5, 0.6) is 0 Å². The fourth-order valence-electron chi connectivity index (χ4n) is 3.04. The number of carbonyl (C=O) groups excluding carboxylic acids is 3. The summed E-state index contributed by atoms with van der Waals surface area (Å²) in [5, 5.41) is 2.46. The van der Waals surface area contributed by atoms with Crippen LogP contribution in [0.15, 0.2) is 0 Å². The molecule has 2 rings (SSSR count). The Hall–Kier alpha value is -1.83. The fraction of sp³-hybridized carbons (Fsp3) is 0.643. The van der Waals surface area contributed by atoms with E-state index in [4.69, 9.17) is 6.42 Å². The average molecular weight is 262 g/mol. The SMILES string of the molecule is C#CCNC(=O)CN1C(=O)C2CC(CC)CC2C1=O. The second-order valence-corrected chi connectivity index (χ2v) is 5.20. The van der Waals surface area contributed by atoms with Crippen molar-refractivity contribution in [3.05, 3.63) is 0 Å². The summed E-state index contributed by atoms with van der Waals surface area (Å²) in [4.78, 5) is 36.9. The molecule has 2 atom stereocenters. The molecule has 1 N–H and O–H groups in total. The summed E-state index contributed by atoms with van der Waals surface area (Å²) in [5.41, 5.74) is 0.